The van der Waals surface area contributed by atoms with Crippen LogP contribution in [0, 0.1) is 0 Å². The number of nitrogens with one attached hydrogen (secondary N) is 2. The molecule has 0 unspecified atom stereocenters. The molecule has 0 spiro atoms. The molecule has 1 aliphatic carbocycles. The Balaban J connectivity index is 1.34. The fourth-order valence-corrected chi connectivity index (χ4v) is 6.03. The second-order valence-corrected chi connectivity index (χ2v) is 11.1. The Morgan fingerprint density at radius 3 is 2.71 bits per heavy atom. The van der Waals surface area contributed by atoms with Crippen molar-refractivity contribution in [2.75, 3.05) is 26.2 Å². The summed E-state index contributed by atoms with van der Waals surface area (Å²) in [7, 11) is 0. The van der Waals surface area contributed by atoms with Crippen molar-refractivity contribution in [3.05, 3.63) is 75.8 Å². The lowest BCUT2D eigenvalue weighted by Crippen LogP contribution is -2.28. The standard InChI is InChI=1S/C32H37F2N7/c1-3-23(24-16-22(18-35-19-24)20-40-15-12-32(33,34)21-40)17-25-26(4-2)38-39-29(25)31-36-27-10-6-7-11-28(30(27)37-31)41-13-8-5-9-14-41/h3-4,6-7,11,16-19,38H,5,8-10,12-15,20-21H2,1-2H3,(H,36,37)/b23-3-,25-17+,26-4+. The van der Waals surface area contributed by atoms with E-state index in [2.05, 4.69) is 49.4 Å². The van der Waals surface area contributed by atoms with Crippen LogP contribution in [-0.2, 0) is 13.0 Å². The lowest BCUT2D eigenvalue weighted by Gasteiger charge is -2.30. The molecule has 7 nitrogen and oxygen atoms in total. The van der Waals surface area contributed by atoms with E-state index in [-0.39, 0.29) is 13.0 Å². The molecule has 2 fully saturated rings. The summed E-state index contributed by atoms with van der Waals surface area (Å²) in [4.78, 5) is 17.4. The lowest BCUT2D eigenvalue weighted by atomic mass is 10.0. The number of allylic oxidation sites excluding steroid dienone is 5. The fraction of sp³-hybridized carbons (Fsp3) is 0.406. The summed E-state index contributed by atoms with van der Waals surface area (Å²) in [5.41, 5.74) is 6.85. The van der Waals surface area contributed by atoms with E-state index in [1.165, 1.54) is 25.0 Å². The van der Waals surface area contributed by atoms with Crippen molar-refractivity contribution in [1.29, 1.82) is 0 Å². The van der Waals surface area contributed by atoms with E-state index in [0.29, 0.717) is 13.1 Å². The number of rotatable bonds is 6. The van der Waals surface area contributed by atoms with Gasteiger partial charge in [-0.1, -0.05) is 24.3 Å². The van der Waals surface area contributed by atoms with E-state index in [1.807, 2.05) is 38.3 Å². The van der Waals surface area contributed by atoms with Gasteiger partial charge in [0.15, 0.2) is 5.82 Å². The second-order valence-electron chi connectivity index (χ2n) is 11.1. The smallest absolute Gasteiger partial charge is 0.261 e. The minimum absolute atomic E-state index is 0.0879. The third-order valence-electron chi connectivity index (χ3n) is 8.17. The van der Waals surface area contributed by atoms with Crippen molar-refractivity contribution < 1.29 is 8.78 Å². The first-order valence-electron chi connectivity index (χ1n) is 14.6. The topological polar surface area (TPSA) is 76.7 Å². The van der Waals surface area contributed by atoms with Crippen molar-refractivity contribution in [2.45, 2.75) is 58.4 Å². The molecule has 2 aliphatic heterocycles. The maximum Gasteiger partial charge on any atom is 0.261 e. The van der Waals surface area contributed by atoms with Crippen LogP contribution in [0.5, 0.6) is 0 Å². The van der Waals surface area contributed by atoms with Crippen LogP contribution in [0.4, 0.5) is 8.78 Å². The second kappa shape index (κ2) is 11.6. The molecule has 6 rings (SSSR count). The number of halogens is 2. The van der Waals surface area contributed by atoms with E-state index in [1.54, 1.807) is 11.1 Å². The minimum Gasteiger partial charge on any atom is -0.370 e. The number of H-pyrrole nitrogens is 2. The van der Waals surface area contributed by atoms with Crippen molar-refractivity contribution in [3.63, 3.8) is 0 Å². The van der Waals surface area contributed by atoms with Gasteiger partial charge in [0.05, 0.1) is 17.6 Å². The first-order chi connectivity index (χ1) is 19.9. The van der Waals surface area contributed by atoms with Gasteiger partial charge in [-0.05, 0) is 62.5 Å². The molecule has 9 heteroatoms. The van der Waals surface area contributed by atoms with Gasteiger partial charge in [-0.15, -0.1) is 0 Å². The maximum atomic E-state index is 13.7. The molecule has 0 atom stereocenters. The normalized spacial score (nSPS) is 20.4. The number of nitrogens with zero attached hydrogens (tertiary/aromatic N) is 5. The van der Waals surface area contributed by atoms with Gasteiger partial charge in [-0.25, -0.2) is 13.8 Å². The van der Waals surface area contributed by atoms with Gasteiger partial charge in [0.1, 0.15) is 11.4 Å². The van der Waals surface area contributed by atoms with E-state index in [0.717, 1.165) is 69.7 Å². The van der Waals surface area contributed by atoms with Crippen molar-refractivity contribution >= 4 is 23.4 Å². The Morgan fingerprint density at radius 1 is 1.10 bits per heavy atom. The Bertz CT molecular complexity index is 1620. The number of hydrogen-bond donors (Lipinski definition) is 2. The Kier molecular flexibility index (Phi) is 7.71. The van der Waals surface area contributed by atoms with Gasteiger partial charge in [0.25, 0.3) is 5.92 Å². The van der Waals surface area contributed by atoms with Crippen LogP contribution in [-0.4, -0.2) is 67.1 Å². The van der Waals surface area contributed by atoms with Crippen LogP contribution < -0.4 is 10.6 Å². The van der Waals surface area contributed by atoms with Gasteiger partial charge in [-0.2, -0.15) is 5.10 Å². The van der Waals surface area contributed by atoms with Crippen molar-refractivity contribution in [2.24, 2.45) is 0 Å². The zero-order valence-electron chi connectivity index (χ0n) is 23.8. The molecule has 0 radical (unpaired) electrons. The molecule has 2 saturated heterocycles. The summed E-state index contributed by atoms with van der Waals surface area (Å²) in [5.74, 6) is -1.87. The van der Waals surface area contributed by atoms with Gasteiger partial charge >= 0.3 is 0 Å². The highest BCUT2D eigenvalue weighted by Crippen LogP contribution is 2.30. The van der Waals surface area contributed by atoms with Gasteiger partial charge in [0, 0.05) is 67.9 Å². The summed E-state index contributed by atoms with van der Waals surface area (Å²) >= 11 is 0. The molecule has 0 saturated carbocycles. The Morgan fingerprint density at radius 2 is 1.95 bits per heavy atom. The summed E-state index contributed by atoms with van der Waals surface area (Å²) in [6.45, 7) is 6.73. The lowest BCUT2D eigenvalue weighted by molar-refractivity contribution is 0.0115. The predicted octanol–water partition coefficient (Wildman–Crippen LogP) is 4.66. The first-order valence-corrected chi connectivity index (χ1v) is 14.6. The van der Waals surface area contributed by atoms with E-state index in [4.69, 9.17) is 4.98 Å². The zero-order valence-corrected chi connectivity index (χ0v) is 23.8. The third kappa shape index (κ3) is 5.81. The summed E-state index contributed by atoms with van der Waals surface area (Å²) in [6, 6.07) is 2.04. The largest absolute Gasteiger partial charge is 0.370 e. The quantitative estimate of drug-likeness (QED) is 0.461. The minimum atomic E-state index is -2.61. The number of fused-ring (bicyclic) bond motifs is 1. The highest BCUT2D eigenvalue weighted by molar-refractivity contribution is 5.89. The molecule has 2 N–H and O–H groups in total. The maximum absolute atomic E-state index is 13.7. The van der Waals surface area contributed by atoms with Crippen molar-refractivity contribution in [3.8, 4) is 11.5 Å². The number of alkyl halides is 2. The molecule has 0 bridgehead atoms. The van der Waals surface area contributed by atoms with Crippen LogP contribution in [0.25, 0.3) is 34.9 Å². The van der Waals surface area contributed by atoms with Crippen LogP contribution in [0.1, 0.15) is 62.0 Å². The fourth-order valence-electron chi connectivity index (χ4n) is 6.03. The van der Waals surface area contributed by atoms with Crippen LogP contribution in [0.2, 0.25) is 0 Å². The first kappa shape index (κ1) is 27.3. The highest BCUT2D eigenvalue weighted by Gasteiger charge is 2.38. The van der Waals surface area contributed by atoms with E-state index in [9.17, 15) is 8.78 Å². The van der Waals surface area contributed by atoms with Crippen molar-refractivity contribution in [1.82, 2.24) is 34.9 Å². The van der Waals surface area contributed by atoms with E-state index >= 15 is 0 Å². The molecular weight excluding hydrogens is 520 g/mol. The molecule has 0 amide bonds. The van der Waals surface area contributed by atoms with Crippen LogP contribution in [0.15, 0.2) is 42.8 Å². The monoisotopic (exact) mass is 557 g/mol. The third-order valence-corrected chi connectivity index (χ3v) is 8.17. The number of aromatic nitrogens is 5. The average Bonchev–Trinajstić information content (AvgIpc) is 3.64. The van der Waals surface area contributed by atoms with Crippen LogP contribution >= 0.6 is 0 Å². The molecule has 3 aromatic heterocycles. The van der Waals surface area contributed by atoms with Gasteiger partial charge < -0.3 is 9.88 Å². The molecule has 214 valence electrons. The SMILES string of the molecule is C/C=C(/C=c1/c(-c2nc3c([nH]2)CC=CC=C3N2CCCCC2)n[nH]/c1=C/C)c1cncc(CN2CCC(F)(F)C2)c1. The number of imidazole rings is 1. The molecule has 5 heterocycles. The van der Waals surface area contributed by atoms with E-state index < -0.39 is 5.92 Å². The van der Waals surface area contributed by atoms with Gasteiger partial charge in [-0.3, -0.25) is 15.0 Å². The number of piperidine rings is 1. The number of hydrogen-bond acceptors (Lipinski definition) is 5. The van der Waals surface area contributed by atoms with Crippen LogP contribution in [0.3, 0.4) is 0 Å². The number of likely N-dealkylation sites (tertiary alicyclic amines) is 2. The average molecular weight is 558 g/mol. The molecule has 0 aromatic carbocycles. The molecular formula is C32H37F2N7. The Hall–Kier alpha value is -3.85. The predicted molar refractivity (Wildman–Crippen MR) is 159 cm³/mol. The summed E-state index contributed by atoms with van der Waals surface area (Å²) in [6.07, 6.45) is 20.6. The van der Waals surface area contributed by atoms with Gasteiger partial charge in [0.2, 0.25) is 0 Å². The molecule has 3 aromatic rings. The molecule has 3 aliphatic rings. The summed E-state index contributed by atoms with van der Waals surface area (Å²) in [5, 5.41) is 9.71. The molecule has 41 heavy (non-hydrogen) atoms. The number of aromatic amines is 2. The summed E-state index contributed by atoms with van der Waals surface area (Å²) < 4.78 is 27.5. The zero-order chi connectivity index (χ0) is 28.4. The highest BCUT2D eigenvalue weighted by atomic mass is 19.3. The number of pyridine rings is 1. The Labute approximate surface area is 239 Å².